The molecule has 3 N–H and O–H groups in total. The zero-order chi connectivity index (χ0) is 26.5. The van der Waals surface area contributed by atoms with E-state index in [9.17, 15) is 14.0 Å². The largest absolute Gasteiger partial charge is 0.365 e. The standard InChI is InChI=1S/C28H26ClFN4O2S/c1-3-17-4-5-18-6-9-20(33-28(36)24-15-22(37-2)12-13-25(24)29)14-23(18)27(17)34(32-16-26(31)35)21-10-7-19(30)8-11-21/h6-16H,3-5H2,1-2H3,(H2,31,35)(H,33,36)/b32-16+. The smallest absolute Gasteiger partial charge is 0.261 e. The molecule has 0 fully saturated rings. The lowest BCUT2D eigenvalue weighted by atomic mass is 9.87. The molecule has 1 aliphatic carbocycles. The Labute approximate surface area is 224 Å². The topological polar surface area (TPSA) is 87.8 Å². The Morgan fingerprint density at radius 1 is 1.14 bits per heavy atom. The third-order valence-corrected chi connectivity index (χ3v) is 7.14. The number of hydrogen-bond donors (Lipinski definition) is 2. The molecule has 0 heterocycles. The fourth-order valence-corrected chi connectivity index (χ4v) is 4.89. The van der Waals surface area contributed by atoms with E-state index in [1.807, 2.05) is 37.4 Å². The molecule has 0 atom stereocenters. The molecule has 0 saturated carbocycles. The van der Waals surface area contributed by atoms with Gasteiger partial charge in [-0.3, -0.25) is 9.59 Å². The van der Waals surface area contributed by atoms with E-state index >= 15 is 0 Å². The molecule has 3 aromatic rings. The van der Waals surface area contributed by atoms with Gasteiger partial charge in [-0.05, 0) is 91.3 Å². The van der Waals surface area contributed by atoms with Crippen LogP contribution in [0, 0.1) is 5.82 Å². The summed E-state index contributed by atoms with van der Waals surface area (Å²) in [6, 6.07) is 16.9. The second kappa shape index (κ2) is 11.6. The Hall–Kier alpha value is -3.62. The van der Waals surface area contributed by atoms with Crippen molar-refractivity contribution in [1.29, 1.82) is 0 Å². The summed E-state index contributed by atoms with van der Waals surface area (Å²) in [7, 11) is 0. The van der Waals surface area contributed by atoms with Crippen molar-refractivity contribution in [2.24, 2.45) is 10.8 Å². The number of fused-ring (bicyclic) bond motifs is 1. The van der Waals surface area contributed by atoms with E-state index in [1.54, 1.807) is 29.3 Å². The average Bonchev–Trinajstić information content (AvgIpc) is 2.89. The van der Waals surface area contributed by atoms with Gasteiger partial charge < -0.3 is 11.1 Å². The third kappa shape index (κ3) is 6.03. The Balaban J connectivity index is 1.77. The van der Waals surface area contributed by atoms with E-state index in [1.165, 1.54) is 23.9 Å². The molecular formula is C28H26ClFN4O2S. The second-order valence-electron chi connectivity index (χ2n) is 8.41. The molecule has 3 aromatic carbocycles. The number of nitrogens with one attached hydrogen (secondary N) is 1. The van der Waals surface area contributed by atoms with Crippen LogP contribution >= 0.6 is 23.4 Å². The summed E-state index contributed by atoms with van der Waals surface area (Å²) < 4.78 is 13.7. The number of anilines is 2. The lowest BCUT2D eigenvalue weighted by molar-refractivity contribution is -0.111. The van der Waals surface area contributed by atoms with Gasteiger partial charge in [0.1, 0.15) is 12.0 Å². The summed E-state index contributed by atoms with van der Waals surface area (Å²) in [6.07, 6.45) is 5.32. The van der Waals surface area contributed by atoms with Crippen molar-refractivity contribution < 1.29 is 14.0 Å². The van der Waals surface area contributed by atoms with Crippen molar-refractivity contribution in [2.75, 3.05) is 16.6 Å². The highest BCUT2D eigenvalue weighted by molar-refractivity contribution is 7.98. The number of carbonyl (C=O) groups excluding carboxylic acids is 2. The predicted molar refractivity (Wildman–Crippen MR) is 150 cm³/mol. The van der Waals surface area contributed by atoms with Gasteiger partial charge in [-0.15, -0.1) is 11.8 Å². The quantitative estimate of drug-likeness (QED) is 0.195. The van der Waals surface area contributed by atoms with Crippen LogP contribution in [-0.4, -0.2) is 24.3 Å². The molecule has 4 rings (SSSR count). The highest BCUT2D eigenvalue weighted by Crippen LogP contribution is 2.39. The van der Waals surface area contributed by atoms with Crippen LogP contribution in [0.5, 0.6) is 0 Å². The number of nitrogens with zero attached hydrogens (tertiary/aromatic N) is 2. The highest BCUT2D eigenvalue weighted by atomic mass is 35.5. The summed E-state index contributed by atoms with van der Waals surface area (Å²) in [5, 5.41) is 9.28. The molecular weight excluding hydrogens is 511 g/mol. The second-order valence-corrected chi connectivity index (χ2v) is 9.70. The number of halogens is 2. The SMILES string of the molecule is CCC1=C(N(/N=C/C(N)=O)c2ccc(F)cc2)c2cc(NC(=O)c3cc(SC)ccc3Cl)ccc2CC1. The van der Waals surface area contributed by atoms with Crippen LogP contribution in [0.15, 0.2) is 76.2 Å². The fourth-order valence-electron chi connectivity index (χ4n) is 4.25. The molecule has 37 heavy (non-hydrogen) atoms. The van der Waals surface area contributed by atoms with E-state index in [0.29, 0.717) is 22.0 Å². The number of carbonyl (C=O) groups is 2. The van der Waals surface area contributed by atoms with Crippen molar-refractivity contribution in [1.82, 2.24) is 0 Å². The first kappa shape index (κ1) is 26.4. The van der Waals surface area contributed by atoms with Gasteiger partial charge in [0.2, 0.25) is 0 Å². The molecule has 0 spiro atoms. The maximum absolute atomic E-state index is 13.7. The van der Waals surface area contributed by atoms with Crippen molar-refractivity contribution in [3.8, 4) is 0 Å². The lowest BCUT2D eigenvalue weighted by Gasteiger charge is -2.30. The highest BCUT2D eigenvalue weighted by Gasteiger charge is 2.25. The Bertz CT molecular complexity index is 1410. The minimum Gasteiger partial charge on any atom is -0.365 e. The number of aryl methyl sites for hydroxylation is 1. The molecule has 0 radical (unpaired) electrons. The Morgan fingerprint density at radius 2 is 1.89 bits per heavy atom. The number of primary amides is 1. The molecule has 0 unspecified atom stereocenters. The van der Waals surface area contributed by atoms with Gasteiger partial charge in [0.25, 0.3) is 11.8 Å². The van der Waals surface area contributed by atoms with Crippen LogP contribution in [0.2, 0.25) is 5.02 Å². The van der Waals surface area contributed by atoms with Gasteiger partial charge in [0.15, 0.2) is 0 Å². The lowest BCUT2D eigenvalue weighted by Crippen LogP contribution is -2.23. The van der Waals surface area contributed by atoms with Crippen molar-refractivity contribution in [3.05, 3.63) is 93.8 Å². The van der Waals surface area contributed by atoms with Gasteiger partial charge in [-0.1, -0.05) is 24.6 Å². The van der Waals surface area contributed by atoms with Crippen molar-refractivity contribution in [2.45, 2.75) is 31.1 Å². The Kier molecular flexibility index (Phi) is 8.31. The summed E-state index contributed by atoms with van der Waals surface area (Å²) in [6.45, 7) is 2.05. The first-order valence-corrected chi connectivity index (χ1v) is 13.3. The first-order chi connectivity index (χ1) is 17.8. The number of thioether (sulfide) groups is 1. The molecule has 2 amide bonds. The molecule has 1 aliphatic rings. The van der Waals surface area contributed by atoms with Crippen LogP contribution < -0.4 is 16.1 Å². The zero-order valence-corrected chi connectivity index (χ0v) is 22.0. The van der Waals surface area contributed by atoms with E-state index in [4.69, 9.17) is 17.3 Å². The summed E-state index contributed by atoms with van der Waals surface area (Å²) in [5.74, 6) is -1.40. The van der Waals surface area contributed by atoms with Crippen LogP contribution in [0.1, 0.15) is 41.3 Å². The van der Waals surface area contributed by atoms with E-state index in [0.717, 1.165) is 52.8 Å². The monoisotopic (exact) mass is 536 g/mol. The number of amides is 2. The normalized spacial score (nSPS) is 13.0. The van der Waals surface area contributed by atoms with Crippen LogP contribution in [0.4, 0.5) is 15.8 Å². The Morgan fingerprint density at radius 3 is 2.57 bits per heavy atom. The van der Waals surface area contributed by atoms with Crippen LogP contribution in [-0.2, 0) is 11.2 Å². The molecule has 6 nitrogen and oxygen atoms in total. The van der Waals surface area contributed by atoms with E-state index < -0.39 is 5.91 Å². The van der Waals surface area contributed by atoms with Crippen molar-refractivity contribution in [3.63, 3.8) is 0 Å². The summed E-state index contributed by atoms with van der Waals surface area (Å²) in [5.41, 5.74) is 10.7. The van der Waals surface area contributed by atoms with Gasteiger partial charge in [-0.2, -0.15) is 5.10 Å². The number of nitrogens with two attached hydrogens (primary N) is 1. The maximum Gasteiger partial charge on any atom is 0.261 e. The number of hydrazone groups is 1. The molecule has 9 heteroatoms. The third-order valence-electron chi connectivity index (χ3n) is 6.08. The molecule has 0 aliphatic heterocycles. The predicted octanol–water partition coefficient (Wildman–Crippen LogP) is 6.50. The van der Waals surface area contributed by atoms with E-state index in [2.05, 4.69) is 10.4 Å². The fraction of sp³-hybridized carbons (Fsp3) is 0.179. The molecule has 0 saturated heterocycles. The molecule has 190 valence electrons. The summed E-state index contributed by atoms with van der Waals surface area (Å²) in [4.78, 5) is 25.6. The first-order valence-electron chi connectivity index (χ1n) is 11.7. The van der Waals surface area contributed by atoms with Gasteiger partial charge in [0, 0.05) is 16.1 Å². The average molecular weight is 537 g/mol. The number of rotatable bonds is 8. The minimum absolute atomic E-state index is 0.319. The van der Waals surface area contributed by atoms with Gasteiger partial charge in [-0.25, -0.2) is 9.40 Å². The number of allylic oxidation sites excluding steroid dienone is 1. The van der Waals surface area contributed by atoms with Gasteiger partial charge >= 0.3 is 0 Å². The van der Waals surface area contributed by atoms with Crippen LogP contribution in [0.25, 0.3) is 5.70 Å². The molecule has 0 bridgehead atoms. The maximum atomic E-state index is 13.7. The summed E-state index contributed by atoms with van der Waals surface area (Å²) >= 11 is 7.83. The van der Waals surface area contributed by atoms with Gasteiger partial charge in [0.05, 0.1) is 22.0 Å². The van der Waals surface area contributed by atoms with E-state index in [-0.39, 0.29) is 11.7 Å². The molecule has 0 aromatic heterocycles. The van der Waals surface area contributed by atoms with Crippen molar-refractivity contribution >= 4 is 58.5 Å². The number of benzene rings is 3. The zero-order valence-electron chi connectivity index (χ0n) is 20.4. The van der Waals surface area contributed by atoms with Crippen LogP contribution in [0.3, 0.4) is 0 Å². The minimum atomic E-state index is -0.702. The number of hydrogen-bond acceptors (Lipinski definition) is 5.